The Hall–Kier alpha value is -1.36. The van der Waals surface area contributed by atoms with E-state index in [1.54, 1.807) is 12.4 Å². The second-order valence-corrected chi connectivity index (χ2v) is 4.47. The lowest BCUT2D eigenvalue weighted by molar-refractivity contribution is -0.117. The lowest BCUT2D eigenvalue weighted by Crippen LogP contribution is -2.23. The predicted octanol–water partition coefficient (Wildman–Crippen LogP) is 1.36. The molecule has 0 aliphatic heterocycles. The van der Waals surface area contributed by atoms with Gasteiger partial charge in [0.25, 0.3) is 0 Å². The minimum atomic E-state index is -0.00231. The number of rotatable bonds is 6. The molecule has 0 unspecified atom stereocenters. The van der Waals surface area contributed by atoms with Crippen molar-refractivity contribution in [1.82, 2.24) is 10.2 Å². The van der Waals surface area contributed by atoms with Crippen LogP contribution >= 0.6 is 0 Å². The van der Waals surface area contributed by atoms with Crippen LogP contribution < -0.4 is 11.1 Å². The lowest BCUT2D eigenvalue weighted by Gasteiger charge is -2.16. The van der Waals surface area contributed by atoms with Gasteiger partial charge in [0.05, 0.1) is 11.9 Å². The molecule has 1 heterocycles. The number of hydrogen-bond donors (Lipinski definition) is 3. The summed E-state index contributed by atoms with van der Waals surface area (Å²) in [5.41, 5.74) is 6.34. The van der Waals surface area contributed by atoms with Crippen LogP contribution in [0.1, 0.15) is 26.7 Å². The lowest BCUT2D eigenvalue weighted by atomic mass is 9.94. The van der Waals surface area contributed by atoms with Crippen molar-refractivity contribution in [2.45, 2.75) is 26.7 Å². The summed E-state index contributed by atoms with van der Waals surface area (Å²) < 4.78 is 0. The molecule has 0 aromatic carbocycles. The first kappa shape index (κ1) is 12.7. The highest BCUT2D eigenvalue weighted by Gasteiger charge is 2.14. The third-order valence-corrected chi connectivity index (χ3v) is 2.39. The number of aromatic amines is 1. The van der Waals surface area contributed by atoms with E-state index in [1.165, 1.54) is 0 Å². The molecule has 5 heteroatoms. The maximum atomic E-state index is 11.7. The molecular weight excluding hydrogens is 204 g/mol. The van der Waals surface area contributed by atoms with Crippen LogP contribution in [0.3, 0.4) is 0 Å². The summed E-state index contributed by atoms with van der Waals surface area (Å²) in [7, 11) is 0. The third kappa shape index (κ3) is 4.44. The highest BCUT2D eigenvalue weighted by atomic mass is 16.1. The summed E-state index contributed by atoms with van der Waals surface area (Å²) in [5, 5.41) is 9.18. The molecule has 1 rings (SSSR count). The number of nitrogens with zero attached hydrogens (tertiary/aromatic N) is 1. The Morgan fingerprint density at radius 2 is 2.38 bits per heavy atom. The molecule has 0 saturated heterocycles. The van der Waals surface area contributed by atoms with E-state index < -0.39 is 0 Å². The molecule has 4 N–H and O–H groups in total. The van der Waals surface area contributed by atoms with Crippen LogP contribution in [0, 0.1) is 11.8 Å². The van der Waals surface area contributed by atoms with Gasteiger partial charge in [0.15, 0.2) is 0 Å². The zero-order valence-corrected chi connectivity index (χ0v) is 9.86. The first-order valence-corrected chi connectivity index (χ1v) is 5.60. The molecule has 0 radical (unpaired) electrons. The molecule has 1 aromatic heterocycles. The maximum absolute atomic E-state index is 11.7. The summed E-state index contributed by atoms with van der Waals surface area (Å²) >= 11 is 0. The zero-order chi connectivity index (χ0) is 12.0. The Morgan fingerprint density at radius 3 is 2.88 bits per heavy atom. The molecule has 90 valence electrons. The Labute approximate surface area is 95.8 Å². The number of nitrogens with one attached hydrogen (secondary N) is 2. The summed E-state index contributed by atoms with van der Waals surface area (Å²) in [6.07, 6.45) is 4.69. The maximum Gasteiger partial charge on any atom is 0.224 e. The molecule has 1 amide bonds. The van der Waals surface area contributed by atoms with Crippen molar-refractivity contribution in [3.05, 3.63) is 12.4 Å². The molecule has 1 aromatic rings. The Balaban J connectivity index is 2.37. The molecule has 0 bridgehead atoms. The van der Waals surface area contributed by atoms with Crippen molar-refractivity contribution in [2.75, 3.05) is 11.9 Å². The van der Waals surface area contributed by atoms with Gasteiger partial charge in [0, 0.05) is 12.6 Å². The summed E-state index contributed by atoms with van der Waals surface area (Å²) in [5.74, 6) is 0.819. The van der Waals surface area contributed by atoms with Crippen molar-refractivity contribution in [3.63, 3.8) is 0 Å². The van der Waals surface area contributed by atoms with E-state index in [0.29, 0.717) is 24.6 Å². The first-order valence-electron chi connectivity index (χ1n) is 5.60. The Morgan fingerprint density at radius 1 is 1.62 bits per heavy atom. The van der Waals surface area contributed by atoms with Gasteiger partial charge in [-0.15, -0.1) is 0 Å². The number of carbonyl (C=O) groups excluding carboxylic acids is 1. The number of hydrogen-bond acceptors (Lipinski definition) is 3. The van der Waals surface area contributed by atoms with E-state index in [-0.39, 0.29) is 11.8 Å². The molecular formula is C11H20N4O. The smallest absolute Gasteiger partial charge is 0.224 e. The van der Waals surface area contributed by atoms with Gasteiger partial charge in [-0.05, 0) is 24.8 Å². The minimum absolute atomic E-state index is 0.00231. The van der Waals surface area contributed by atoms with E-state index in [2.05, 4.69) is 29.4 Å². The van der Waals surface area contributed by atoms with Gasteiger partial charge in [0.1, 0.15) is 0 Å². The molecule has 16 heavy (non-hydrogen) atoms. The van der Waals surface area contributed by atoms with Gasteiger partial charge < -0.3 is 11.1 Å². The number of H-pyrrole nitrogens is 1. The Kier molecular flexibility index (Phi) is 4.98. The monoisotopic (exact) mass is 224 g/mol. The van der Waals surface area contributed by atoms with Gasteiger partial charge in [-0.25, -0.2) is 0 Å². The van der Waals surface area contributed by atoms with Crippen LogP contribution in [-0.2, 0) is 4.79 Å². The molecule has 0 aliphatic rings. The number of aromatic nitrogens is 2. The first-order chi connectivity index (χ1) is 7.61. The number of anilines is 1. The molecule has 0 saturated carbocycles. The molecule has 0 spiro atoms. The van der Waals surface area contributed by atoms with Crippen molar-refractivity contribution >= 4 is 11.6 Å². The van der Waals surface area contributed by atoms with Crippen molar-refractivity contribution in [2.24, 2.45) is 17.6 Å². The topological polar surface area (TPSA) is 83.8 Å². The van der Waals surface area contributed by atoms with E-state index in [9.17, 15) is 4.79 Å². The third-order valence-electron chi connectivity index (χ3n) is 2.39. The quantitative estimate of drug-likeness (QED) is 0.682. The fourth-order valence-corrected chi connectivity index (χ4v) is 1.72. The summed E-state index contributed by atoms with van der Waals surface area (Å²) in [4.78, 5) is 11.7. The van der Waals surface area contributed by atoms with Crippen LogP contribution in [0.2, 0.25) is 0 Å². The summed E-state index contributed by atoms with van der Waals surface area (Å²) in [6, 6.07) is 0. The Bertz CT molecular complexity index is 308. The van der Waals surface area contributed by atoms with Crippen molar-refractivity contribution in [1.29, 1.82) is 0 Å². The normalized spacial score (nSPS) is 12.8. The fourth-order valence-electron chi connectivity index (χ4n) is 1.72. The average Bonchev–Trinajstić information content (AvgIpc) is 2.68. The summed E-state index contributed by atoms with van der Waals surface area (Å²) in [6.45, 7) is 4.82. The van der Waals surface area contributed by atoms with Crippen LogP contribution in [0.25, 0.3) is 0 Å². The van der Waals surface area contributed by atoms with Gasteiger partial charge in [0.2, 0.25) is 5.91 Å². The second kappa shape index (κ2) is 6.27. The van der Waals surface area contributed by atoms with Crippen LogP contribution in [-0.4, -0.2) is 22.6 Å². The van der Waals surface area contributed by atoms with E-state index in [4.69, 9.17) is 5.73 Å². The van der Waals surface area contributed by atoms with Gasteiger partial charge >= 0.3 is 0 Å². The number of amides is 1. The van der Waals surface area contributed by atoms with Gasteiger partial charge in [-0.3, -0.25) is 9.89 Å². The highest BCUT2D eigenvalue weighted by Crippen LogP contribution is 2.15. The SMILES string of the molecule is CC(C)C[C@H](CN)CC(=O)Nc1cn[nH]c1. The number of nitrogens with two attached hydrogens (primary N) is 1. The van der Waals surface area contributed by atoms with Crippen LogP contribution in [0.4, 0.5) is 5.69 Å². The number of carbonyl (C=O) groups is 1. The van der Waals surface area contributed by atoms with E-state index >= 15 is 0 Å². The van der Waals surface area contributed by atoms with E-state index in [1.807, 2.05) is 0 Å². The molecule has 1 atom stereocenters. The van der Waals surface area contributed by atoms with E-state index in [0.717, 1.165) is 6.42 Å². The molecule has 0 fully saturated rings. The minimum Gasteiger partial charge on any atom is -0.330 e. The van der Waals surface area contributed by atoms with Crippen LogP contribution in [0.15, 0.2) is 12.4 Å². The predicted molar refractivity (Wildman–Crippen MR) is 63.8 cm³/mol. The largest absolute Gasteiger partial charge is 0.330 e. The molecule has 0 aliphatic carbocycles. The average molecular weight is 224 g/mol. The van der Waals surface area contributed by atoms with Crippen molar-refractivity contribution < 1.29 is 4.79 Å². The van der Waals surface area contributed by atoms with Gasteiger partial charge in [-0.1, -0.05) is 13.8 Å². The zero-order valence-electron chi connectivity index (χ0n) is 9.86. The highest BCUT2D eigenvalue weighted by molar-refractivity contribution is 5.90. The standard InChI is InChI=1S/C11H20N4O/c1-8(2)3-9(5-12)4-11(16)15-10-6-13-14-7-10/h6-9H,3-5,12H2,1-2H3,(H,13,14)(H,15,16)/t9-/m0/s1. The van der Waals surface area contributed by atoms with Crippen LogP contribution in [0.5, 0.6) is 0 Å². The van der Waals surface area contributed by atoms with Crippen molar-refractivity contribution in [3.8, 4) is 0 Å². The fraction of sp³-hybridized carbons (Fsp3) is 0.636. The molecule has 5 nitrogen and oxygen atoms in total. The van der Waals surface area contributed by atoms with Gasteiger partial charge in [-0.2, -0.15) is 5.10 Å². The second-order valence-electron chi connectivity index (χ2n) is 4.47.